The molecule has 0 aromatic heterocycles. The van der Waals surface area contributed by atoms with Crippen molar-refractivity contribution in [3.63, 3.8) is 0 Å². The monoisotopic (exact) mass is 251 g/mol. The van der Waals surface area contributed by atoms with Crippen molar-refractivity contribution in [3.05, 3.63) is 0 Å². The first-order valence-electron chi connectivity index (χ1n) is 5.64. The molecule has 1 aliphatic heterocycles. The number of aliphatic hydroxyl groups excluding tert-OH is 1. The van der Waals surface area contributed by atoms with Crippen molar-refractivity contribution in [1.82, 2.24) is 5.32 Å². The van der Waals surface area contributed by atoms with Crippen LogP contribution in [0.4, 0.5) is 0 Å². The summed E-state index contributed by atoms with van der Waals surface area (Å²) >= 11 is 0. The van der Waals surface area contributed by atoms with Gasteiger partial charge in [-0.15, -0.1) is 0 Å². The molecule has 0 aromatic carbocycles. The Morgan fingerprint density at radius 2 is 2.12 bits per heavy atom. The summed E-state index contributed by atoms with van der Waals surface area (Å²) in [6.45, 7) is 5.45. The van der Waals surface area contributed by atoms with Crippen LogP contribution in [0.25, 0.3) is 0 Å². The highest BCUT2D eigenvalue weighted by Gasteiger charge is 2.36. The normalized spacial score (nSPS) is 28.8. The van der Waals surface area contributed by atoms with Crippen molar-refractivity contribution in [2.24, 2.45) is 0 Å². The molecule has 0 bridgehead atoms. The lowest BCUT2D eigenvalue weighted by molar-refractivity contribution is -0.00834. The van der Waals surface area contributed by atoms with Crippen molar-refractivity contribution in [3.8, 4) is 0 Å². The molecular formula is C10H21NO4S. The largest absolute Gasteiger partial charge is 0.389 e. The van der Waals surface area contributed by atoms with Gasteiger partial charge in [0.25, 0.3) is 0 Å². The quantitative estimate of drug-likeness (QED) is 0.625. The zero-order valence-electron chi connectivity index (χ0n) is 9.85. The molecule has 1 saturated heterocycles. The van der Waals surface area contributed by atoms with Gasteiger partial charge in [-0.1, -0.05) is 13.8 Å². The van der Waals surface area contributed by atoms with Gasteiger partial charge in [0.15, 0.2) is 9.84 Å². The molecule has 2 N–H and O–H groups in total. The Balaban J connectivity index is 2.14. The van der Waals surface area contributed by atoms with E-state index in [0.29, 0.717) is 12.6 Å². The fourth-order valence-electron chi connectivity index (χ4n) is 1.65. The highest BCUT2D eigenvalue weighted by atomic mass is 32.2. The fraction of sp³-hybridized carbons (Fsp3) is 1.00. The molecule has 0 aromatic rings. The second-order valence-electron chi connectivity index (χ2n) is 4.52. The van der Waals surface area contributed by atoms with Crippen LogP contribution in [-0.4, -0.2) is 56.4 Å². The zero-order chi connectivity index (χ0) is 12.2. The highest BCUT2D eigenvalue weighted by Crippen LogP contribution is 2.15. The molecule has 0 aliphatic carbocycles. The van der Waals surface area contributed by atoms with Crippen LogP contribution in [0.2, 0.25) is 0 Å². The van der Waals surface area contributed by atoms with Gasteiger partial charge in [0, 0.05) is 12.6 Å². The summed E-state index contributed by atoms with van der Waals surface area (Å²) in [7, 11) is -3.09. The van der Waals surface area contributed by atoms with Gasteiger partial charge in [-0.2, -0.15) is 0 Å². The van der Waals surface area contributed by atoms with Crippen LogP contribution in [0.1, 0.15) is 20.3 Å². The van der Waals surface area contributed by atoms with Gasteiger partial charge < -0.3 is 15.2 Å². The van der Waals surface area contributed by atoms with Crippen molar-refractivity contribution in [2.45, 2.75) is 38.5 Å². The molecule has 1 heterocycles. The van der Waals surface area contributed by atoms with E-state index in [1.807, 2.05) is 0 Å². The van der Waals surface area contributed by atoms with Gasteiger partial charge >= 0.3 is 0 Å². The zero-order valence-corrected chi connectivity index (χ0v) is 10.7. The van der Waals surface area contributed by atoms with E-state index >= 15 is 0 Å². The van der Waals surface area contributed by atoms with Gasteiger partial charge in [-0.3, -0.25) is 0 Å². The predicted molar refractivity (Wildman–Crippen MR) is 62.2 cm³/mol. The van der Waals surface area contributed by atoms with Crippen molar-refractivity contribution in [2.75, 3.05) is 24.7 Å². The van der Waals surface area contributed by atoms with E-state index in [0.717, 1.165) is 13.0 Å². The first kappa shape index (κ1) is 13.9. The van der Waals surface area contributed by atoms with E-state index < -0.39 is 22.0 Å². The molecule has 2 unspecified atom stereocenters. The second-order valence-corrected chi connectivity index (χ2v) is 6.67. The molecule has 96 valence electrons. The summed E-state index contributed by atoms with van der Waals surface area (Å²) in [5, 5.41) is 12.7. The first-order valence-corrected chi connectivity index (χ1v) is 7.46. The van der Waals surface area contributed by atoms with Crippen LogP contribution in [0, 0.1) is 0 Å². The van der Waals surface area contributed by atoms with Gasteiger partial charge in [0.05, 0.1) is 23.7 Å². The molecule has 0 amide bonds. The smallest absolute Gasteiger partial charge is 0.155 e. The predicted octanol–water partition coefficient (Wildman–Crippen LogP) is -0.451. The van der Waals surface area contributed by atoms with Crippen LogP contribution in [0.3, 0.4) is 0 Å². The van der Waals surface area contributed by atoms with Gasteiger partial charge in [-0.25, -0.2) is 8.42 Å². The molecule has 0 radical (unpaired) electrons. The molecule has 1 fully saturated rings. The van der Waals surface area contributed by atoms with E-state index in [1.54, 1.807) is 0 Å². The van der Waals surface area contributed by atoms with Gasteiger partial charge in [0.2, 0.25) is 0 Å². The summed E-state index contributed by atoms with van der Waals surface area (Å²) in [5.74, 6) is -0.215. The lowest BCUT2D eigenvalue weighted by atomic mass is 10.2. The minimum Gasteiger partial charge on any atom is -0.389 e. The Kier molecular flexibility index (Phi) is 5.17. The highest BCUT2D eigenvalue weighted by molar-refractivity contribution is 7.91. The van der Waals surface area contributed by atoms with E-state index in [4.69, 9.17) is 4.74 Å². The summed E-state index contributed by atoms with van der Waals surface area (Å²) in [5.41, 5.74) is 0. The molecule has 1 rings (SSSR count). The first-order chi connectivity index (χ1) is 7.41. The van der Waals surface area contributed by atoms with Crippen molar-refractivity contribution in [1.29, 1.82) is 0 Å². The maximum absolute atomic E-state index is 11.2. The van der Waals surface area contributed by atoms with Crippen LogP contribution in [0.5, 0.6) is 0 Å². The Hall–Kier alpha value is -0.170. The SMILES string of the molecule is CC(C)NCCCOC1CS(=O)(=O)CC1O. The molecule has 2 atom stereocenters. The molecular weight excluding hydrogens is 230 g/mol. The molecule has 6 heteroatoms. The van der Waals surface area contributed by atoms with E-state index in [-0.39, 0.29) is 11.5 Å². The van der Waals surface area contributed by atoms with E-state index in [1.165, 1.54) is 0 Å². The molecule has 0 spiro atoms. The standard InChI is InChI=1S/C10H21NO4S/c1-8(2)11-4-3-5-15-10-7-16(13,14)6-9(10)12/h8-12H,3-7H2,1-2H3. The van der Waals surface area contributed by atoms with Crippen molar-refractivity contribution >= 4 is 9.84 Å². The van der Waals surface area contributed by atoms with Crippen LogP contribution < -0.4 is 5.32 Å². The Labute approximate surface area is 97.1 Å². The number of ether oxygens (including phenoxy) is 1. The molecule has 5 nitrogen and oxygen atoms in total. The third-order valence-electron chi connectivity index (χ3n) is 2.48. The topological polar surface area (TPSA) is 75.6 Å². The summed E-state index contributed by atoms with van der Waals surface area (Å²) < 4.78 is 27.7. The lowest BCUT2D eigenvalue weighted by Crippen LogP contribution is -2.29. The maximum atomic E-state index is 11.2. The summed E-state index contributed by atoms with van der Waals surface area (Å²) in [6, 6.07) is 0.442. The number of aliphatic hydroxyl groups is 1. The number of rotatable bonds is 6. The van der Waals surface area contributed by atoms with Crippen LogP contribution in [-0.2, 0) is 14.6 Å². The number of hydrogen-bond donors (Lipinski definition) is 2. The number of hydrogen-bond acceptors (Lipinski definition) is 5. The average Bonchev–Trinajstić information content (AvgIpc) is 2.38. The molecule has 1 aliphatic rings. The summed E-state index contributed by atoms with van der Waals surface area (Å²) in [4.78, 5) is 0. The fourth-order valence-corrected chi connectivity index (χ4v) is 3.34. The average molecular weight is 251 g/mol. The Morgan fingerprint density at radius 3 is 2.62 bits per heavy atom. The Bertz CT molecular complexity index is 302. The maximum Gasteiger partial charge on any atom is 0.155 e. The minimum absolute atomic E-state index is 0.0498. The van der Waals surface area contributed by atoms with Gasteiger partial charge in [-0.05, 0) is 13.0 Å². The second kappa shape index (κ2) is 5.95. The third-order valence-corrected chi connectivity index (χ3v) is 4.16. The van der Waals surface area contributed by atoms with E-state index in [2.05, 4.69) is 19.2 Å². The number of nitrogens with one attached hydrogen (secondary N) is 1. The van der Waals surface area contributed by atoms with E-state index in [9.17, 15) is 13.5 Å². The van der Waals surface area contributed by atoms with Crippen LogP contribution >= 0.6 is 0 Å². The molecule has 0 saturated carbocycles. The van der Waals surface area contributed by atoms with Crippen LogP contribution in [0.15, 0.2) is 0 Å². The van der Waals surface area contributed by atoms with Crippen molar-refractivity contribution < 1.29 is 18.3 Å². The van der Waals surface area contributed by atoms with Gasteiger partial charge in [0.1, 0.15) is 0 Å². The third kappa shape index (κ3) is 4.78. The lowest BCUT2D eigenvalue weighted by Gasteiger charge is -2.14. The Morgan fingerprint density at radius 1 is 1.44 bits per heavy atom. The number of sulfone groups is 1. The summed E-state index contributed by atoms with van der Waals surface area (Å²) in [6.07, 6.45) is -0.575. The molecule has 16 heavy (non-hydrogen) atoms. The minimum atomic E-state index is -3.09.